The monoisotopic (exact) mass is 891 g/mol. The van der Waals surface area contributed by atoms with Crippen LogP contribution in [0.25, 0.3) is 0 Å². The molecule has 10 nitrogen and oxygen atoms in total. The van der Waals surface area contributed by atoms with Crippen LogP contribution in [-0.4, -0.2) is 76.4 Å². The van der Waals surface area contributed by atoms with Gasteiger partial charge in [0, 0.05) is 36.0 Å². The van der Waals surface area contributed by atoms with Gasteiger partial charge >= 0.3 is 11.9 Å². The van der Waals surface area contributed by atoms with Gasteiger partial charge in [-0.1, -0.05) is 64.8 Å². The summed E-state index contributed by atoms with van der Waals surface area (Å²) in [6.45, 7) is 20.6. The quantitative estimate of drug-likeness (QED) is 0.202. The smallest absolute Gasteiger partial charge is 0.306 e. The third-order valence-electron chi connectivity index (χ3n) is 19.0. The number of ketones is 3. The van der Waals surface area contributed by atoms with E-state index in [0.29, 0.717) is 36.5 Å². The van der Waals surface area contributed by atoms with Crippen LogP contribution in [-0.2, 0) is 42.9 Å². The molecule has 8 aliphatic carbocycles. The molecule has 1 heterocycles. The minimum atomic E-state index is -2.02. The van der Waals surface area contributed by atoms with E-state index in [-0.39, 0.29) is 58.8 Å². The SMILES string of the molecule is CC(=O)O[C@H]1CC[C@@]2(C)C(=CC[C@H]3[C@@H]4CC[C@H](C(C)=O)[C@@]4(C)CC[C@@H]32)C1.CC(C)(C)CC(=O)OCC(=O)[C@@]12OC(C)(C)O[C@@H]1C[C@H]1[C@@H]3CCC4=CC(=O)C=C[C@]4(C)[C@@]3(F)[C@@H](O)C[C@@]12C. The van der Waals surface area contributed by atoms with E-state index in [1.807, 2.05) is 27.7 Å². The molecule has 9 rings (SSSR count). The van der Waals surface area contributed by atoms with Crippen molar-refractivity contribution in [3.05, 3.63) is 35.5 Å². The Hall–Kier alpha value is -3.02. The number of hydrogen-bond acceptors (Lipinski definition) is 10. The first-order valence-corrected chi connectivity index (χ1v) is 24.4. The number of Topliss-reactive ketones (excluding diaryl/α,β-unsaturated/α-hetero) is 2. The van der Waals surface area contributed by atoms with Crippen molar-refractivity contribution in [3.8, 4) is 0 Å². The van der Waals surface area contributed by atoms with Crippen molar-refractivity contribution in [2.45, 2.75) is 195 Å². The summed E-state index contributed by atoms with van der Waals surface area (Å²) in [6.07, 6.45) is 15.5. The Morgan fingerprint density at radius 3 is 2.30 bits per heavy atom. The molecule has 9 aliphatic rings. The van der Waals surface area contributed by atoms with Crippen molar-refractivity contribution in [1.29, 1.82) is 0 Å². The van der Waals surface area contributed by atoms with Gasteiger partial charge in [0.1, 0.15) is 11.9 Å². The zero-order valence-electron chi connectivity index (χ0n) is 40.4. The molecule has 0 aromatic carbocycles. The molecule has 0 amide bonds. The van der Waals surface area contributed by atoms with Crippen LogP contribution in [0.3, 0.4) is 0 Å². The van der Waals surface area contributed by atoms with Crippen LogP contribution in [0, 0.1) is 62.6 Å². The number of ether oxygens (including phenoxy) is 4. The molecule has 0 aromatic heterocycles. The van der Waals surface area contributed by atoms with Gasteiger partial charge in [-0.25, -0.2) is 4.39 Å². The third-order valence-corrected chi connectivity index (χ3v) is 19.0. The number of carbonyl (C=O) groups excluding carboxylic acids is 5. The predicted molar refractivity (Wildman–Crippen MR) is 238 cm³/mol. The van der Waals surface area contributed by atoms with Crippen molar-refractivity contribution >= 4 is 29.3 Å². The minimum Gasteiger partial charge on any atom is -0.462 e. The van der Waals surface area contributed by atoms with Crippen molar-refractivity contribution in [3.63, 3.8) is 0 Å². The highest BCUT2D eigenvalue weighted by molar-refractivity contribution is 6.01. The summed E-state index contributed by atoms with van der Waals surface area (Å²) in [5.41, 5.74) is -3.13. The number of carbonyl (C=O) groups is 5. The maximum atomic E-state index is 17.4. The summed E-state index contributed by atoms with van der Waals surface area (Å²) in [7, 11) is 0. The van der Waals surface area contributed by atoms with Crippen LogP contribution in [0.4, 0.5) is 4.39 Å². The maximum absolute atomic E-state index is 17.4. The molecular formula is C53H75FO10. The van der Waals surface area contributed by atoms with Gasteiger partial charge in [0.25, 0.3) is 0 Å². The van der Waals surface area contributed by atoms with Crippen LogP contribution in [0.2, 0.25) is 0 Å². The third kappa shape index (κ3) is 7.20. The van der Waals surface area contributed by atoms with Gasteiger partial charge in [0.05, 0.1) is 18.6 Å². The fourth-order valence-electron chi connectivity index (χ4n) is 16.2. The Balaban J connectivity index is 0.000000188. The molecule has 11 heteroatoms. The number of esters is 2. The van der Waals surface area contributed by atoms with Crippen LogP contribution in [0.5, 0.6) is 0 Å². The normalized spacial score (nSPS) is 45.9. The molecule has 0 unspecified atom stereocenters. The molecule has 1 saturated heterocycles. The summed E-state index contributed by atoms with van der Waals surface area (Å²) in [6, 6.07) is 0. The lowest BCUT2D eigenvalue weighted by molar-refractivity contribution is -0.246. The number of halogens is 1. The molecular weight excluding hydrogens is 816 g/mol. The van der Waals surface area contributed by atoms with Crippen molar-refractivity contribution in [2.24, 2.45) is 62.6 Å². The molecule has 354 valence electrons. The Labute approximate surface area is 380 Å². The zero-order valence-corrected chi connectivity index (χ0v) is 40.4. The molecule has 0 radical (unpaired) electrons. The first kappa shape index (κ1) is 47.5. The molecule has 64 heavy (non-hydrogen) atoms. The number of aliphatic hydroxyl groups is 1. The van der Waals surface area contributed by atoms with Crippen LogP contribution in [0.15, 0.2) is 35.5 Å². The predicted octanol–water partition coefficient (Wildman–Crippen LogP) is 9.49. The lowest BCUT2D eigenvalue weighted by atomic mass is 9.44. The van der Waals surface area contributed by atoms with Gasteiger partial charge in [0.15, 0.2) is 29.4 Å². The summed E-state index contributed by atoms with van der Waals surface area (Å²) < 4.78 is 41.1. The second kappa shape index (κ2) is 15.8. The first-order chi connectivity index (χ1) is 29.6. The average Bonchev–Trinajstić information content (AvgIpc) is 3.77. The molecule has 0 aromatic rings. The van der Waals surface area contributed by atoms with E-state index in [1.54, 1.807) is 39.3 Å². The molecule has 0 bridgehead atoms. The topological polar surface area (TPSA) is 142 Å². The lowest BCUT2D eigenvalue weighted by Gasteiger charge is -2.62. The van der Waals surface area contributed by atoms with Gasteiger partial charge < -0.3 is 24.1 Å². The number of alkyl halides is 1. The number of allylic oxidation sites excluding steroid dienone is 5. The Morgan fingerprint density at radius 1 is 0.906 bits per heavy atom. The van der Waals surface area contributed by atoms with E-state index in [1.165, 1.54) is 38.3 Å². The summed E-state index contributed by atoms with van der Waals surface area (Å²) in [5.74, 6) is -0.300. The minimum absolute atomic E-state index is 0.0209. The van der Waals surface area contributed by atoms with Crippen molar-refractivity contribution in [2.75, 3.05) is 6.61 Å². The Bertz CT molecular complexity index is 2060. The van der Waals surface area contributed by atoms with Gasteiger partial charge in [0.2, 0.25) is 5.78 Å². The fraction of sp³-hybridized carbons (Fsp3) is 0.792. The average molecular weight is 891 g/mol. The molecule has 15 atom stereocenters. The van der Waals surface area contributed by atoms with E-state index in [9.17, 15) is 29.1 Å². The van der Waals surface area contributed by atoms with Gasteiger partial charge in [-0.3, -0.25) is 24.0 Å². The standard InChI is InChI=1S/C30H41FO7.C23H34O3/c1-25(2,3)15-24(35)36-16-22(34)30-23(37-26(4,5)38-30)13-20-19-9-8-17-12-18(32)10-11-27(17,6)29(19,31)21(33)14-28(20,30)7;1-14(24)19-7-8-20-18-6-5-16-13-17(26-15(2)25)9-11-22(16,3)21(18)10-12-23(19,20)4/h10-12,19-21,23,33H,8-9,13-16H2,1-7H3;5,17-21H,6-13H2,1-4H3/t19-,20-,21-,23+,27-,28-,29-,30+;17-,18-,19+,20-,21-,22-,23+/m00/s1. The van der Waals surface area contributed by atoms with E-state index in [0.717, 1.165) is 43.9 Å². The zero-order chi connectivity index (χ0) is 46.8. The van der Waals surface area contributed by atoms with Crippen molar-refractivity contribution < 1.29 is 52.4 Å². The molecule has 1 aliphatic heterocycles. The molecule has 1 N–H and O–H groups in total. The summed E-state index contributed by atoms with van der Waals surface area (Å²) in [4.78, 5) is 62.2. The molecule has 0 spiro atoms. The molecule has 7 fully saturated rings. The van der Waals surface area contributed by atoms with Gasteiger partial charge in [-0.2, -0.15) is 0 Å². The summed E-state index contributed by atoms with van der Waals surface area (Å²) >= 11 is 0. The second-order valence-electron chi connectivity index (χ2n) is 24.2. The maximum Gasteiger partial charge on any atom is 0.306 e. The molecule has 6 saturated carbocycles. The van der Waals surface area contributed by atoms with Gasteiger partial charge in [-0.15, -0.1) is 0 Å². The highest BCUT2D eigenvalue weighted by atomic mass is 19.1. The largest absolute Gasteiger partial charge is 0.462 e. The van der Waals surface area contributed by atoms with Crippen LogP contribution < -0.4 is 0 Å². The Kier molecular flexibility index (Phi) is 11.7. The first-order valence-electron chi connectivity index (χ1n) is 24.4. The Morgan fingerprint density at radius 2 is 1.62 bits per heavy atom. The summed E-state index contributed by atoms with van der Waals surface area (Å²) in [5, 5.41) is 11.6. The lowest BCUT2D eigenvalue weighted by Crippen LogP contribution is -2.70. The number of hydrogen-bond donors (Lipinski definition) is 1. The second-order valence-corrected chi connectivity index (χ2v) is 24.2. The van der Waals surface area contributed by atoms with Crippen LogP contribution in [0.1, 0.15) is 160 Å². The number of rotatable bonds is 6. The number of fused-ring (bicyclic) bond motifs is 12. The highest BCUT2D eigenvalue weighted by Gasteiger charge is 2.80. The van der Waals surface area contributed by atoms with E-state index in [4.69, 9.17) is 18.9 Å². The fourth-order valence-corrected chi connectivity index (χ4v) is 16.2. The van der Waals surface area contributed by atoms with Gasteiger partial charge in [-0.05, 0) is 150 Å². The van der Waals surface area contributed by atoms with Crippen LogP contribution >= 0.6 is 0 Å². The number of aliphatic hydroxyl groups excluding tert-OH is 1. The van der Waals surface area contributed by atoms with E-state index >= 15 is 4.39 Å². The highest BCUT2D eigenvalue weighted by Crippen LogP contribution is 2.73. The van der Waals surface area contributed by atoms with E-state index in [2.05, 4.69) is 19.9 Å². The van der Waals surface area contributed by atoms with E-state index < -0.39 is 64.4 Å². The van der Waals surface area contributed by atoms with Crippen molar-refractivity contribution in [1.82, 2.24) is 0 Å².